The first-order valence-corrected chi connectivity index (χ1v) is 7.91. The lowest BCUT2D eigenvalue weighted by Gasteiger charge is -2.16. The average molecular weight is 315 g/mol. The molecule has 1 aliphatic rings. The number of likely N-dealkylation sites (tertiary alicyclic amines) is 1. The first-order chi connectivity index (χ1) is 10.7. The number of halogens is 1. The minimum atomic E-state index is 0.0550. The van der Waals surface area contributed by atoms with Gasteiger partial charge >= 0.3 is 0 Å². The number of benzene rings is 2. The monoisotopic (exact) mass is 314 g/mol. The molecule has 0 aromatic heterocycles. The molecule has 1 heterocycles. The van der Waals surface area contributed by atoms with Gasteiger partial charge in [0.25, 0.3) is 0 Å². The summed E-state index contributed by atoms with van der Waals surface area (Å²) in [6.45, 7) is 2.69. The fraction of sp³-hybridized carbons (Fsp3) is 0.278. The molecule has 0 saturated carbocycles. The summed E-state index contributed by atoms with van der Waals surface area (Å²) in [5.74, 6) is 0.150. The van der Waals surface area contributed by atoms with Crippen LogP contribution in [-0.2, 0) is 11.3 Å². The molecule has 114 valence electrons. The lowest BCUT2D eigenvalue weighted by Crippen LogP contribution is -2.26. The highest BCUT2D eigenvalue weighted by atomic mass is 35.5. The second-order valence-corrected chi connectivity index (χ2v) is 6.14. The normalized spacial score (nSPS) is 18.3. The van der Waals surface area contributed by atoms with Gasteiger partial charge in [-0.25, -0.2) is 0 Å². The minimum Gasteiger partial charge on any atom is -0.326 e. The fourth-order valence-electron chi connectivity index (χ4n) is 2.81. The molecule has 1 fully saturated rings. The van der Waals surface area contributed by atoms with E-state index in [-0.39, 0.29) is 11.8 Å². The molecule has 0 bridgehead atoms. The number of carbonyl (C=O) groups is 1. The van der Waals surface area contributed by atoms with Gasteiger partial charge in [0.2, 0.25) is 5.91 Å². The van der Waals surface area contributed by atoms with E-state index in [4.69, 9.17) is 11.6 Å². The van der Waals surface area contributed by atoms with E-state index in [1.165, 1.54) is 5.56 Å². The van der Waals surface area contributed by atoms with Crippen molar-refractivity contribution in [3.63, 3.8) is 0 Å². The Balaban J connectivity index is 1.53. The second kappa shape index (κ2) is 6.95. The van der Waals surface area contributed by atoms with Gasteiger partial charge in [0, 0.05) is 23.8 Å². The number of hydrogen-bond acceptors (Lipinski definition) is 2. The topological polar surface area (TPSA) is 32.3 Å². The molecular weight excluding hydrogens is 296 g/mol. The van der Waals surface area contributed by atoms with Gasteiger partial charge in [0.15, 0.2) is 0 Å². The minimum absolute atomic E-state index is 0.0550. The number of nitrogens with zero attached hydrogens (tertiary/aromatic N) is 1. The maximum Gasteiger partial charge on any atom is 0.228 e. The van der Waals surface area contributed by atoms with E-state index in [0.29, 0.717) is 5.02 Å². The molecule has 1 N–H and O–H groups in total. The van der Waals surface area contributed by atoms with Crippen molar-refractivity contribution in [2.45, 2.75) is 13.0 Å². The Hall–Kier alpha value is -1.84. The Morgan fingerprint density at radius 1 is 1.14 bits per heavy atom. The molecule has 2 aromatic carbocycles. The van der Waals surface area contributed by atoms with Crippen molar-refractivity contribution in [1.29, 1.82) is 0 Å². The number of anilines is 1. The highest BCUT2D eigenvalue weighted by Crippen LogP contribution is 2.21. The van der Waals surface area contributed by atoms with Gasteiger partial charge in [0.05, 0.1) is 5.92 Å². The SMILES string of the molecule is O=C(Nc1ccc(Cl)cc1)C1CCN(Cc2ccccc2)C1. The molecule has 1 saturated heterocycles. The van der Waals surface area contributed by atoms with Crippen molar-refractivity contribution in [2.75, 3.05) is 18.4 Å². The van der Waals surface area contributed by atoms with Gasteiger partial charge in [-0.1, -0.05) is 41.9 Å². The molecule has 0 aliphatic carbocycles. The Bertz CT molecular complexity index is 627. The summed E-state index contributed by atoms with van der Waals surface area (Å²) in [6, 6.07) is 17.6. The number of hydrogen-bond donors (Lipinski definition) is 1. The maximum absolute atomic E-state index is 12.3. The third-order valence-electron chi connectivity index (χ3n) is 4.00. The number of amides is 1. The summed E-state index contributed by atoms with van der Waals surface area (Å²) < 4.78 is 0. The Morgan fingerprint density at radius 3 is 2.59 bits per heavy atom. The summed E-state index contributed by atoms with van der Waals surface area (Å²) in [5, 5.41) is 3.65. The molecule has 2 aromatic rings. The quantitative estimate of drug-likeness (QED) is 0.931. The summed E-state index contributed by atoms with van der Waals surface area (Å²) in [5.41, 5.74) is 2.09. The van der Waals surface area contributed by atoms with E-state index in [9.17, 15) is 4.79 Å². The third-order valence-corrected chi connectivity index (χ3v) is 4.26. The molecule has 0 spiro atoms. The largest absolute Gasteiger partial charge is 0.326 e. The zero-order valence-electron chi connectivity index (χ0n) is 12.3. The predicted octanol–water partition coefficient (Wildman–Crippen LogP) is 3.80. The van der Waals surface area contributed by atoms with Crippen molar-refractivity contribution < 1.29 is 4.79 Å². The van der Waals surface area contributed by atoms with E-state index in [1.54, 1.807) is 12.1 Å². The standard InChI is InChI=1S/C18H19ClN2O/c19-16-6-8-17(9-7-16)20-18(22)15-10-11-21(13-15)12-14-4-2-1-3-5-14/h1-9,15H,10-13H2,(H,20,22). The Kier molecular flexibility index (Phi) is 4.76. The van der Waals surface area contributed by atoms with Gasteiger partial charge in [0.1, 0.15) is 0 Å². The second-order valence-electron chi connectivity index (χ2n) is 5.70. The summed E-state index contributed by atoms with van der Waals surface area (Å²) in [7, 11) is 0. The van der Waals surface area contributed by atoms with Crippen LogP contribution in [0.3, 0.4) is 0 Å². The highest BCUT2D eigenvalue weighted by Gasteiger charge is 2.28. The van der Waals surface area contributed by atoms with Crippen molar-refractivity contribution in [3.05, 3.63) is 65.2 Å². The summed E-state index contributed by atoms with van der Waals surface area (Å²) in [4.78, 5) is 14.7. The van der Waals surface area contributed by atoms with Crippen LogP contribution in [0.5, 0.6) is 0 Å². The van der Waals surface area contributed by atoms with Crippen LogP contribution in [0.4, 0.5) is 5.69 Å². The van der Waals surface area contributed by atoms with E-state index in [2.05, 4.69) is 34.5 Å². The zero-order valence-corrected chi connectivity index (χ0v) is 13.1. The Labute approximate surface area is 135 Å². The van der Waals surface area contributed by atoms with Gasteiger partial charge in [-0.15, -0.1) is 0 Å². The number of nitrogens with one attached hydrogen (secondary N) is 1. The fourth-order valence-corrected chi connectivity index (χ4v) is 2.94. The van der Waals surface area contributed by atoms with E-state index >= 15 is 0 Å². The van der Waals surface area contributed by atoms with Crippen LogP contribution in [-0.4, -0.2) is 23.9 Å². The summed E-state index contributed by atoms with van der Waals surface area (Å²) in [6.07, 6.45) is 0.909. The van der Waals surface area contributed by atoms with Gasteiger partial charge in [-0.05, 0) is 42.8 Å². The molecule has 4 heteroatoms. The molecule has 3 nitrogen and oxygen atoms in total. The van der Waals surface area contributed by atoms with Crippen LogP contribution in [0.2, 0.25) is 5.02 Å². The molecule has 3 rings (SSSR count). The van der Waals surface area contributed by atoms with Gasteiger partial charge in [-0.2, -0.15) is 0 Å². The average Bonchev–Trinajstić information content (AvgIpc) is 2.99. The first kappa shape index (κ1) is 15.1. The maximum atomic E-state index is 12.3. The van der Waals surface area contributed by atoms with Crippen molar-refractivity contribution in [3.8, 4) is 0 Å². The molecule has 1 aliphatic heterocycles. The lowest BCUT2D eigenvalue weighted by atomic mass is 10.1. The van der Waals surface area contributed by atoms with E-state index < -0.39 is 0 Å². The third kappa shape index (κ3) is 3.87. The van der Waals surface area contributed by atoms with E-state index in [1.807, 2.05) is 18.2 Å². The lowest BCUT2D eigenvalue weighted by molar-refractivity contribution is -0.119. The van der Waals surface area contributed by atoms with Crippen molar-refractivity contribution >= 4 is 23.2 Å². The van der Waals surface area contributed by atoms with E-state index in [0.717, 1.165) is 31.7 Å². The smallest absolute Gasteiger partial charge is 0.228 e. The van der Waals surface area contributed by atoms with Crippen LogP contribution in [0, 0.1) is 5.92 Å². The van der Waals surface area contributed by atoms with Crippen LogP contribution >= 0.6 is 11.6 Å². The van der Waals surface area contributed by atoms with Gasteiger partial charge < -0.3 is 5.32 Å². The van der Waals surface area contributed by atoms with Crippen LogP contribution < -0.4 is 5.32 Å². The first-order valence-electron chi connectivity index (χ1n) is 7.53. The summed E-state index contributed by atoms with van der Waals surface area (Å²) >= 11 is 5.85. The zero-order chi connectivity index (χ0) is 15.4. The molecular formula is C18H19ClN2O. The Morgan fingerprint density at radius 2 is 1.86 bits per heavy atom. The van der Waals surface area contributed by atoms with Crippen molar-refractivity contribution in [2.24, 2.45) is 5.92 Å². The number of carbonyl (C=O) groups excluding carboxylic acids is 1. The molecule has 1 amide bonds. The predicted molar refractivity (Wildman–Crippen MR) is 89.9 cm³/mol. The van der Waals surface area contributed by atoms with Crippen LogP contribution in [0.15, 0.2) is 54.6 Å². The van der Waals surface area contributed by atoms with Crippen LogP contribution in [0.1, 0.15) is 12.0 Å². The molecule has 1 unspecified atom stereocenters. The van der Waals surface area contributed by atoms with Crippen molar-refractivity contribution in [1.82, 2.24) is 4.90 Å². The highest BCUT2D eigenvalue weighted by molar-refractivity contribution is 6.30. The molecule has 1 atom stereocenters. The van der Waals surface area contributed by atoms with Gasteiger partial charge in [-0.3, -0.25) is 9.69 Å². The number of rotatable bonds is 4. The molecule has 22 heavy (non-hydrogen) atoms. The molecule has 0 radical (unpaired) electrons. The van der Waals surface area contributed by atoms with Crippen LogP contribution in [0.25, 0.3) is 0 Å².